The van der Waals surface area contributed by atoms with Gasteiger partial charge in [-0.3, -0.25) is 0 Å². The average molecular weight is 303 g/mol. The highest BCUT2D eigenvalue weighted by Crippen LogP contribution is 2.25. The first-order chi connectivity index (χ1) is 10.2. The van der Waals surface area contributed by atoms with E-state index in [9.17, 15) is 0 Å². The Kier molecular flexibility index (Phi) is 3.97. The fraction of sp³-hybridized carbons (Fsp3) is 0.188. The Morgan fingerprint density at radius 3 is 1.95 bits per heavy atom. The fourth-order valence-electron chi connectivity index (χ4n) is 1.94. The number of hydrogen-bond donors (Lipinski definition) is 0. The van der Waals surface area contributed by atoms with Gasteiger partial charge in [-0.2, -0.15) is 0 Å². The van der Waals surface area contributed by atoms with Gasteiger partial charge in [-0.15, -0.1) is 0 Å². The highest BCUT2D eigenvalue weighted by Gasteiger charge is 2.14. The number of likely N-dealkylation sites (N-methyl/N-ethyl adjacent to an activating group) is 1. The second kappa shape index (κ2) is 6.06. The summed E-state index contributed by atoms with van der Waals surface area (Å²) in [6.07, 6.45) is 0. The molecule has 108 valence electrons. The molecule has 0 aliphatic carbocycles. The summed E-state index contributed by atoms with van der Waals surface area (Å²) in [4.78, 5) is 6.27. The predicted octanol–water partition coefficient (Wildman–Crippen LogP) is 3.81. The standard InChI is InChI=1S/C16H15ClN2O2/c1-19-11-10-18-16(19)21-15-8-6-14(7-9-15)20-13-4-2-12(17)3-5-13/h2-9H,10-11H2,1H3. The van der Waals surface area contributed by atoms with Crippen LogP contribution in [0.5, 0.6) is 17.2 Å². The Balaban J connectivity index is 1.65. The highest BCUT2D eigenvalue weighted by atomic mass is 35.5. The van der Waals surface area contributed by atoms with Crippen LogP contribution < -0.4 is 9.47 Å². The molecule has 3 rings (SSSR count). The SMILES string of the molecule is CN1CCN=C1Oc1ccc(Oc2ccc(Cl)cc2)cc1. The van der Waals surface area contributed by atoms with Gasteiger partial charge in [0.25, 0.3) is 6.02 Å². The lowest BCUT2D eigenvalue weighted by atomic mass is 10.3. The third kappa shape index (κ3) is 3.47. The summed E-state index contributed by atoms with van der Waals surface area (Å²) in [5.74, 6) is 2.23. The molecule has 21 heavy (non-hydrogen) atoms. The Morgan fingerprint density at radius 1 is 0.905 bits per heavy atom. The molecule has 5 heteroatoms. The van der Waals surface area contributed by atoms with Crippen molar-refractivity contribution >= 4 is 17.6 Å². The number of nitrogens with zero attached hydrogens (tertiary/aromatic N) is 2. The first-order valence-corrected chi connectivity index (χ1v) is 7.05. The minimum absolute atomic E-state index is 0.654. The molecular weight excluding hydrogens is 288 g/mol. The first-order valence-electron chi connectivity index (χ1n) is 6.68. The fourth-order valence-corrected chi connectivity index (χ4v) is 2.07. The molecule has 0 atom stereocenters. The summed E-state index contributed by atoms with van der Waals surface area (Å²) >= 11 is 5.84. The van der Waals surface area contributed by atoms with Crippen LogP contribution in [0.1, 0.15) is 0 Å². The summed E-state index contributed by atoms with van der Waals surface area (Å²) in [6, 6.07) is 15.3. The zero-order valence-electron chi connectivity index (χ0n) is 11.6. The second-order valence-corrected chi connectivity index (χ2v) is 5.15. The molecule has 0 saturated carbocycles. The molecule has 0 radical (unpaired) electrons. The zero-order chi connectivity index (χ0) is 14.7. The predicted molar refractivity (Wildman–Crippen MR) is 83.5 cm³/mol. The Bertz CT molecular complexity index is 638. The van der Waals surface area contributed by atoms with Crippen LogP contribution in [-0.2, 0) is 0 Å². The molecule has 0 aromatic heterocycles. The summed E-state index contributed by atoms with van der Waals surface area (Å²) in [7, 11) is 1.96. The van der Waals surface area contributed by atoms with E-state index in [-0.39, 0.29) is 0 Å². The van der Waals surface area contributed by atoms with Gasteiger partial charge in [0, 0.05) is 18.6 Å². The van der Waals surface area contributed by atoms with Crippen molar-refractivity contribution in [3.05, 3.63) is 53.6 Å². The van der Waals surface area contributed by atoms with E-state index in [0.717, 1.165) is 30.3 Å². The topological polar surface area (TPSA) is 34.1 Å². The van der Waals surface area contributed by atoms with E-state index in [1.807, 2.05) is 48.3 Å². The number of aliphatic imine (C=N–C) groups is 1. The van der Waals surface area contributed by atoms with E-state index in [4.69, 9.17) is 21.1 Å². The Morgan fingerprint density at radius 2 is 1.43 bits per heavy atom. The third-order valence-corrected chi connectivity index (χ3v) is 3.34. The van der Waals surface area contributed by atoms with Crippen molar-refractivity contribution in [3.8, 4) is 17.2 Å². The highest BCUT2D eigenvalue weighted by molar-refractivity contribution is 6.30. The van der Waals surface area contributed by atoms with Gasteiger partial charge in [0.1, 0.15) is 17.2 Å². The summed E-state index contributed by atoms with van der Waals surface area (Å²) < 4.78 is 11.4. The molecule has 4 nitrogen and oxygen atoms in total. The summed E-state index contributed by atoms with van der Waals surface area (Å²) in [6.45, 7) is 1.68. The van der Waals surface area contributed by atoms with E-state index in [0.29, 0.717) is 11.0 Å². The largest absolute Gasteiger partial charge is 0.457 e. The lowest BCUT2D eigenvalue weighted by Crippen LogP contribution is -2.27. The molecule has 0 saturated heterocycles. The minimum atomic E-state index is 0.654. The number of halogens is 1. The van der Waals surface area contributed by atoms with Gasteiger partial charge in [-0.1, -0.05) is 11.6 Å². The lowest BCUT2D eigenvalue weighted by Gasteiger charge is -2.14. The van der Waals surface area contributed by atoms with Crippen LogP contribution in [0.25, 0.3) is 0 Å². The van der Waals surface area contributed by atoms with Crippen molar-refractivity contribution in [1.82, 2.24) is 4.90 Å². The van der Waals surface area contributed by atoms with Crippen LogP contribution in [0.3, 0.4) is 0 Å². The van der Waals surface area contributed by atoms with Crippen LogP contribution >= 0.6 is 11.6 Å². The van der Waals surface area contributed by atoms with Crippen LogP contribution in [0, 0.1) is 0 Å². The molecule has 0 bridgehead atoms. The van der Waals surface area contributed by atoms with Crippen molar-refractivity contribution in [2.75, 3.05) is 20.1 Å². The second-order valence-electron chi connectivity index (χ2n) is 4.72. The van der Waals surface area contributed by atoms with Crippen molar-refractivity contribution in [2.45, 2.75) is 0 Å². The molecule has 0 amide bonds. The molecule has 2 aromatic rings. The molecule has 0 spiro atoms. The number of rotatable bonds is 3. The van der Waals surface area contributed by atoms with Crippen LogP contribution in [0.4, 0.5) is 0 Å². The number of hydrogen-bond acceptors (Lipinski definition) is 4. The van der Waals surface area contributed by atoms with Crippen molar-refractivity contribution in [3.63, 3.8) is 0 Å². The number of benzene rings is 2. The van der Waals surface area contributed by atoms with E-state index in [1.165, 1.54) is 0 Å². The van der Waals surface area contributed by atoms with Gasteiger partial charge in [0.2, 0.25) is 0 Å². The average Bonchev–Trinajstić information content (AvgIpc) is 2.89. The van der Waals surface area contributed by atoms with Gasteiger partial charge in [-0.05, 0) is 48.5 Å². The smallest absolute Gasteiger partial charge is 0.292 e. The maximum absolute atomic E-state index is 5.84. The molecule has 1 aliphatic heterocycles. The Hall–Kier alpha value is -2.20. The molecule has 1 heterocycles. The molecule has 0 fully saturated rings. The van der Waals surface area contributed by atoms with Crippen LogP contribution in [0.2, 0.25) is 5.02 Å². The van der Waals surface area contributed by atoms with E-state index in [2.05, 4.69) is 4.99 Å². The monoisotopic (exact) mass is 302 g/mol. The lowest BCUT2D eigenvalue weighted by molar-refractivity contribution is 0.421. The molecule has 2 aromatic carbocycles. The van der Waals surface area contributed by atoms with Crippen LogP contribution in [-0.4, -0.2) is 31.1 Å². The van der Waals surface area contributed by atoms with Crippen molar-refractivity contribution in [1.29, 1.82) is 0 Å². The molecule has 0 unspecified atom stereocenters. The summed E-state index contributed by atoms with van der Waals surface area (Å²) in [5.41, 5.74) is 0. The van der Waals surface area contributed by atoms with E-state index >= 15 is 0 Å². The number of amidine groups is 1. The van der Waals surface area contributed by atoms with Crippen molar-refractivity contribution in [2.24, 2.45) is 4.99 Å². The van der Waals surface area contributed by atoms with Gasteiger partial charge in [0.05, 0.1) is 6.54 Å². The maximum atomic E-state index is 5.84. The maximum Gasteiger partial charge on any atom is 0.292 e. The van der Waals surface area contributed by atoms with Gasteiger partial charge in [0.15, 0.2) is 0 Å². The quantitative estimate of drug-likeness (QED) is 0.864. The van der Waals surface area contributed by atoms with Gasteiger partial charge >= 0.3 is 0 Å². The van der Waals surface area contributed by atoms with E-state index < -0.39 is 0 Å². The molecule has 0 N–H and O–H groups in total. The molecular formula is C16H15ClN2O2. The number of ether oxygens (including phenoxy) is 2. The van der Waals surface area contributed by atoms with Crippen LogP contribution in [0.15, 0.2) is 53.5 Å². The zero-order valence-corrected chi connectivity index (χ0v) is 12.4. The minimum Gasteiger partial charge on any atom is -0.457 e. The molecule has 1 aliphatic rings. The van der Waals surface area contributed by atoms with Crippen molar-refractivity contribution < 1.29 is 9.47 Å². The Labute approximate surface area is 128 Å². The first kappa shape index (κ1) is 13.8. The van der Waals surface area contributed by atoms with Gasteiger partial charge in [-0.25, -0.2) is 4.99 Å². The summed E-state index contributed by atoms with van der Waals surface area (Å²) in [5, 5.41) is 0.688. The van der Waals surface area contributed by atoms with E-state index in [1.54, 1.807) is 12.1 Å². The normalized spacial score (nSPS) is 14.0. The third-order valence-electron chi connectivity index (χ3n) is 3.09. The van der Waals surface area contributed by atoms with Gasteiger partial charge < -0.3 is 14.4 Å².